The van der Waals surface area contributed by atoms with E-state index in [2.05, 4.69) is 15.9 Å². The van der Waals surface area contributed by atoms with Crippen molar-refractivity contribution in [2.24, 2.45) is 0 Å². The van der Waals surface area contributed by atoms with E-state index in [0.29, 0.717) is 0 Å². The molecule has 0 radical (unpaired) electrons. The van der Waals surface area contributed by atoms with Crippen molar-refractivity contribution in [2.45, 2.75) is 0 Å². The average molecular weight is 356 g/mol. The number of nitrogens with zero attached hydrogens (tertiary/aromatic N) is 1. The van der Waals surface area contributed by atoms with Crippen LogP contribution in [0.1, 0.15) is 10.4 Å². The Morgan fingerprint density at radius 1 is 1.14 bits per heavy atom. The predicted octanol–water partition coefficient (Wildman–Crippen LogP) is 4.77. The Balaban J connectivity index is 1.84. The summed E-state index contributed by atoms with van der Waals surface area (Å²) in [7, 11) is 1.63. The molecule has 2 aromatic carbocycles. The number of carbonyl (C=O) groups excluding carboxylic acids is 1. The van der Waals surface area contributed by atoms with Crippen LogP contribution in [-0.4, -0.2) is 17.6 Å². The third-order valence-electron chi connectivity index (χ3n) is 3.42. The topological polar surface area (TPSA) is 31.2 Å². The maximum atomic E-state index is 12.3. The Labute approximate surface area is 137 Å². The Morgan fingerprint density at radius 3 is 2.64 bits per heavy atom. The van der Waals surface area contributed by atoms with Crippen LogP contribution >= 0.6 is 15.9 Å². The monoisotopic (exact) mass is 355 g/mol. The molecule has 0 fully saturated rings. The summed E-state index contributed by atoms with van der Waals surface area (Å²) in [5.41, 5.74) is 1.85. The highest BCUT2D eigenvalue weighted by Crippen LogP contribution is 2.21. The van der Waals surface area contributed by atoms with Crippen molar-refractivity contribution in [3.8, 4) is 5.75 Å². The van der Waals surface area contributed by atoms with Gasteiger partial charge in [0.2, 0.25) is 0 Å². The first kappa shape index (κ1) is 14.6. The maximum Gasteiger partial charge on any atom is 0.255 e. The number of hydrogen-bond donors (Lipinski definition) is 0. The van der Waals surface area contributed by atoms with Crippen molar-refractivity contribution >= 4 is 38.8 Å². The predicted molar refractivity (Wildman–Crippen MR) is 92.3 cm³/mol. The third kappa shape index (κ3) is 2.97. The van der Waals surface area contributed by atoms with E-state index in [-0.39, 0.29) is 5.91 Å². The Morgan fingerprint density at radius 2 is 1.91 bits per heavy atom. The number of methoxy groups -OCH3 is 1. The van der Waals surface area contributed by atoms with Crippen molar-refractivity contribution in [2.75, 3.05) is 7.11 Å². The fourth-order valence-electron chi connectivity index (χ4n) is 2.27. The first-order valence-corrected chi connectivity index (χ1v) is 7.60. The SMILES string of the molecule is COc1ccc(/C=C/C(=O)n2ccc3cc(Br)ccc32)cc1. The lowest BCUT2D eigenvalue weighted by molar-refractivity contribution is 0.0975. The Hall–Kier alpha value is -2.33. The minimum atomic E-state index is -0.0758. The molecule has 0 saturated carbocycles. The first-order valence-electron chi connectivity index (χ1n) is 6.80. The maximum absolute atomic E-state index is 12.3. The minimum absolute atomic E-state index is 0.0758. The van der Waals surface area contributed by atoms with Crippen LogP contribution in [0.15, 0.2) is 65.3 Å². The third-order valence-corrected chi connectivity index (χ3v) is 3.92. The van der Waals surface area contributed by atoms with Crippen molar-refractivity contribution in [1.82, 2.24) is 4.57 Å². The molecule has 0 bridgehead atoms. The van der Waals surface area contributed by atoms with Gasteiger partial charge in [0, 0.05) is 22.1 Å². The van der Waals surface area contributed by atoms with Gasteiger partial charge in [0.25, 0.3) is 5.91 Å². The van der Waals surface area contributed by atoms with Gasteiger partial charge in [0.1, 0.15) is 5.75 Å². The van der Waals surface area contributed by atoms with Gasteiger partial charge < -0.3 is 4.74 Å². The summed E-state index contributed by atoms with van der Waals surface area (Å²) in [6, 6.07) is 15.3. The lowest BCUT2D eigenvalue weighted by Gasteiger charge is -2.01. The van der Waals surface area contributed by atoms with E-state index in [1.807, 2.05) is 48.5 Å². The minimum Gasteiger partial charge on any atom is -0.497 e. The molecule has 3 rings (SSSR count). The van der Waals surface area contributed by atoms with Gasteiger partial charge >= 0.3 is 0 Å². The van der Waals surface area contributed by atoms with Gasteiger partial charge in [0.15, 0.2) is 0 Å². The van der Waals surface area contributed by atoms with E-state index in [1.54, 1.807) is 30.0 Å². The van der Waals surface area contributed by atoms with Gasteiger partial charge in [0.05, 0.1) is 12.6 Å². The molecule has 0 aliphatic rings. The van der Waals surface area contributed by atoms with Gasteiger partial charge in [-0.05, 0) is 48.0 Å². The fraction of sp³-hybridized carbons (Fsp3) is 0.0556. The zero-order valence-corrected chi connectivity index (χ0v) is 13.6. The number of halogens is 1. The molecule has 0 amide bonds. The highest BCUT2D eigenvalue weighted by molar-refractivity contribution is 9.10. The summed E-state index contributed by atoms with van der Waals surface area (Å²) >= 11 is 3.43. The molecule has 3 aromatic rings. The molecular formula is C18H14BrNO2. The van der Waals surface area contributed by atoms with Crippen molar-refractivity contribution in [3.05, 3.63) is 70.8 Å². The largest absolute Gasteiger partial charge is 0.497 e. The normalized spacial score (nSPS) is 11.2. The zero-order valence-electron chi connectivity index (χ0n) is 12.0. The summed E-state index contributed by atoms with van der Waals surface area (Å²) in [6.07, 6.45) is 5.16. The van der Waals surface area contributed by atoms with Crippen LogP contribution < -0.4 is 4.74 Å². The van der Waals surface area contributed by atoms with Gasteiger partial charge in [-0.3, -0.25) is 9.36 Å². The molecule has 110 valence electrons. The lowest BCUT2D eigenvalue weighted by atomic mass is 10.2. The van der Waals surface area contributed by atoms with Crippen LogP contribution in [0.5, 0.6) is 5.75 Å². The van der Waals surface area contributed by atoms with Gasteiger partial charge in [-0.1, -0.05) is 28.1 Å². The fourth-order valence-corrected chi connectivity index (χ4v) is 2.65. The molecule has 1 heterocycles. The average Bonchev–Trinajstić information content (AvgIpc) is 2.96. The van der Waals surface area contributed by atoms with Crippen LogP contribution in [0, 0.1) is 0 Å². The number of aromatic nitrogens is 1. The molecule has 22 heavy (non-hydrogen) atoms. The molecule has 1 aromatic heterocycles. The number of benzene rings is 2. The molecule has 3 nitrogen and oxygen atoms in total. The Bertz CT molecular complexity index is 847. The number of carbonyl (C=O) groups is 1. The number of allylic oxidation sites excluding steroid dienone is 1. The highest BCUT2D eigenvalue weighted by Gasteiger charge is 2.06. The molecular weight excluding hydrogens is 342 g/mol. The standard InChI is InChI=1S/C18H14BrNO2/c1-22-16-6-2-13(3-7-16)4-9-18(21)20-11-10-14-12-15(19)5-8-17(14)20/h2-12H,1H3/b9-4+. The summed E-state index contributed by atoms with van der Waals surface area (Å²) in [6.45, 7) is 0. The highest BCUT2D eigenvalue weighted by atomic mass is 79.9. The van der Waals surface area contributed by atoms with E-state index in [9.17, 15) is 4.79 Å². The molecule has 0 saturated heterocycles. The van der Waals surface area contributed by atoms with Gasteiger partial charge in [-0.2, -0.15) is 0 Å². The number of hydrogen-bond acceptors (Lipinski definition) is 2. The van der Waals surface area contributed by atoms with Crippen LogP contribution in [0.4, 0.5) is 0 Å². The smallest absolute Gasteiger partial charge is 0.255 e. The molecule has 0 aliphatic heterocycles. The number of rotatable bonds is 3. The zero-order chi connectivity index (χ0) is 15.5. The van der Waals surface area contributed by atoms with E-state index in [1.165, 1.54) is 0 Å². The molecule has 4 heteroatoms. The van der Waals surface area contributed by atoms with Crippen LogP contribution in [0.3, 0.4) is 0 Å². The quantitative estimate of drug-likeness (QED) is 0.634. The second-order valence-corrected chi connectivity index (χ2v) is 5.75. The number of ether oxygens (including phenoxy) is 1. The molecule has 0 N–H and O–H groups in total. The van der Waals surface area contributed by atoms with Crippen LogP contribution in [-0.2, 0) is 0 Å². The molecule has 0 aliphatic carbocycles. The Kier molecular flexibility index (Phi) is 4.11. The van der Waals surface area contributed by atoms with E-state index in [4.69, 9.17) is 4.74 Å². The summed E-state index contributed by atoms with van der Waals surface area (Å²) in [4.78, 5) is 12.3. The molecule has 0 spiro atoms. The number of fused-ring (bicyclic) bond motifs is 1. The van der Waals surface area contributed by atoms with Crippen LogP contribution in [0.2, 0.25) is 0 Å². The van der Waals surface area contributed by atoms with Crippen molar-refractivity contribution in [3.63, 3.8) is 0 Å². The first-order chi connectivity index (χ1) is 10.7. The van der Waals surface area contributed by atoms with Gasteiger partial charge in [-0.25, -0.2) is 0 Å². The van der Waals surface area contributed by atoms with Crippen LogP contribution in [0.25, 0.3) is 17.0 Å². The van der Waals surface area contributed by atoms with Gasteiger partial charge in [-0.15, -0.1) is 0 Å². The van der Waals surface area contributed by atoms with E-state index < -0.39 is 0 Å². The second-order valence-electron chi connectivity index (χ2n) is 4.83. The second kappa shape index (κ2) is 6.20. The summed E-state index contributed by atoms with van der Waals surface area (Å²) < 4.78 is 7.75. The molecule has 0 unspecified atom stereocenters. The molecule has 0 atom stereocenters. The lowest BCUT2D eigenvalue weighted by Crippen LogP contribution is -2.04. The van der Waals surface area contributed by atoms with Crippen molar-refractivity contribution in [1.29, 1.82) is 0 Å². The van der Waals surface area contributed by atoms with E-state index in [0.717, 1.165) is 26.7 Å². The summed E-state index contributed by atoms with van der Waals surface area (Å²) in [5.74, 6) is 0.721. The van der Waals surface area contributed by atoms with E-state index >= 15 is 0 Å². The van der Waals surface area contributed by atoms with Crippen molar-refractivity contribution < 1.29 is 9.53 Å². The summed E-state index contributed by atoms with van der Waals surface area (Å²) in [5, 5.41) is 1.03.